The number of nitrogens with zero attached hydrogens (tertiary/aromatic N) is 4. The lowest BCUT2D eigenvalue weighted by Crippen LogP contribution is -2.42. The molecule has 8 nitrogen and oxygen atoms in total. The zero-order valence-corrected chi connectivity index (χ0v) is 14.9. The quantitative estimate of drug-likeness (QED) is 0.821. The van der Waals surface area contributed by atoms with Gasteiger partial charge in [0, 0.05) is 44.3 Å². The monoisotopic (exact) mass is 356 g/mol. The highest BCUT2D eigenvalue weighted by Crippen LogP contribution is 2.16. The largest absolute Gasteiger partial charge is 0.450 e. The topological polar surface area (TPSA) is 92.3 Å². The van der Waals surface area contributed by atoms with Crippen LogP contribution in [0, 0.1) is 0 Å². The number of aromatic nitrogens is 3. The molecule has 2 aromatic heterocycles. The minimum absolute atomic E-state index is 0.226. The van der Waals surface area contributed by atoms with Gasteiger partial charge in [0.25, 0.3) is 0 Å². The van der Waals surface area contributed by atoms with E-state index in [9.17, 15) is 4.79 Å². The highest BCUT2D eigenvalue weighted by Gasteiger charge is 2.23. The number of ether oxygens (including phenoxy) is 1. The smallest absolute Gasteiger partial charge is 0.409 e. The lowest BCUT2D eigenvalue weighted by Gasteiger charge is -2.31. The van der Waals surface area contributed by atoms with Crippen molar-refractivity contribution in [3.05, 3.63) is 42.4 Å². The molecule has 0 unspecified atom stereocenters. The first-order valence-corrected chi connectivity index (χ1v) is 8.88. The normalized spacial score (nSPS) is 14.7. The molecule has 2 N–H and O–H groups in total. The molecular weight excluding hydrogens is 332 g/mol. The van der Waals surface area contributed by atoms with Gasteiger partial charge < -0.3 is 20.3 Å². The van der Waals surface area contributed by atoms with Gasteiger partial charge in [-0.3, -0.25) is 4.98 Å². The van der Waals surface area contributed by atoms with E-state index in [-0.39, 0.29) is 12.1 Å². The zero-order valence-electron chi connectivity index (χ0n) is 14.9. The van der Waals surface area contributed by atoms with E-state index < -0.39 is 0 Å². The standard InChI is InChI=1S/C18H24N6O2/c1-2-26-18(25)24-11-6-15(7-12-24)22-16-5-10-20-17(23-16)21-13-14-3-8-19-9-4-14/h3-5,8-10,15H,2,6-7,11-13H2,1H3,(H2,20,21,22,23). The molecule has 0 atom stereocenters. The van der Waals surface area contributed by atoms with E-state index in [1.165, 1.54) is 0 Å². The summed E-state index contributed by atoms with van der Waals surface area (Å²) < 4.78 is 5.05. The second kappa shape index (κ2) is 8.98. The van der Waals surface area contributed by atoms with Gasteiger partial charge in [0.15, 0.2) is 0 Å². The first kappa shape index (κ1) is 17.9. The summed E-state index contributed by atoms with van der Waals surface area (Å²) in [6.45, 7) is 4.25. The molecular formula is C18H24N6O2. The maximum absolute atomic E-state index is 11.7. The van der Waals surface area contributed by atoms with Crippen molar-refractivity contribution in [3.8, 4) is 0 Å². The Kier molecular flexibility index (Phi) is 6.19. The van der Waals surface area contributed by atoms with Crippen molar-refractivity contribution in [1.29, 1.82) is 0 Å². The lowest BCUT2D eigenvalue weighted by molar-refractivity contribution is 0.0983. The Balaban J connectivity index is 1.49. The molecule has 3 rings (SSSR count). The number of hydrogen-bond acceptors (Lipinski definition) is 7. The maximum Gasteiger partial charge on any atom is 0.409 e. The van der Waals surface area contributed by atoms with Crippen molar-refractivity contribution >= 4 is 17.9 Å². The van der Waals surface area contributed by atoms with Crippen LogP contribution in [0.3, 0.4) is 0 Å². The minimum Gasteiger partial charge on any atom is -0.450 e. The van der Waals surface area contributed by atoms with E-state index in [1.807, 2.05) is 25.1 Å². The summed E-state index contributed by atoms with van der Waals surface area (Å²) in [6.07, 6.45) is 6.76. The molecule has 0 spiro atoms. The van der Waals surface area contributed by atoms with Gasteiger partial charge in [-0.2, -0.15) is 4.98 Å². The highest BCUT2D eigenvalue weighted by molar-refractivity contribution is 5.67. The van der Waals surface area contributed by atoms with E-state index in [0.717, 1.165) is 24.2 Å². The number of hydrogen-bond donors (Lipinski definition) is 2. The molecule has 2 aromatic rings. The molecule has 1 aliphatic heterocycles. The Morgan fingerprint density at radius 2 is 2.00 bits per heavy atom. The molecule has 1 fully saturated rings. The van der Waals surface area contributed by atoms with Crippen LogP contribution in [-0.2, 0) is 11.3 Å². The summed E-state index contributed by atoms with van der Waals surface area (Å²) >= 11 is 0. The number of pyridine rings is 1. The van der Waals surface area contributed by atoms with Crippen LogP contribution in [0.15, 0.2) is 36.8 Å². The average Bonchev–Trinajstić information content (AvgIpc) is 2.68. The number of anilines is 2. The van der Waals surface area contributed by atoms with E-state index in [2.05, 4.69) is 25.6 Å². The van der Waals surface area contributed by atoms with Gasteiger partial charge in [-0.25, -0.2) is 9.78 Å². The third kappa shape index (κ3) is 5.05. The fraction of sp³-hybridized carbons (Fsp3) is 0.444. The van der Waals surface area contributed by atoms with Crippen LogP contribution in [0.25, 0.3) is 0 Å². The Morgan fingerprint density at radius 1 is 1.23 bits per heavy atom. The van der Waals surface area contributed by atoms with Gasteiger partial charge in [0.05, 0.1) is 6.61 Å². The van der Waals surface area contributed by atoms with Gasteiger partial charge in [0.2, 0.25) is 5.95 Å². The summed E-state index contributed by atoms with van der Waals surface area (Å²) in [6, 6.07) is 6.04. The molecule has 0 saturated carbocycles. The lowest BCUT2D eigenvalue weighted by atomic mass is 10.1. The third-order valence-corrected chi connectivity index (χ3v) is 4.23. The van der Waals surface area contributed by atoms with Crippen LogP contribution in [0.4, 0.5) is 16.6 Å². The van der Waals surface area contributed by atoms with Gasteiger partial charge in [0.1, 0.15) is 5.82 Å². The molecule has 0 aromatic carbocycles. The first-order chi connectivity index (χ1) is 12.7. The number of nitrogens with one attached hydrogen (secondary N) is 2. The Labute approximate surface area is 153 Å². The summed E-state index contributed by atoms with van der Waals surface area (Å²) in [5.41, 5.74) is 1.12. The highest BCUT2D eigenvalue weighted by atomic mass is 16.6. The molecule has 0 aliphatic carbocycles. The van der Waals surface area contributed by atoms with Gasteiger partial charge >= 0.3 is 6.09 Å². The molecule has 3 heterocycles. The second-order valence-electron chi connectivity index (χ2n) is 6.08. The molecule has 1 amide bonds. The number of likely N-dealkylation sites (tertiary alicyclic amines) is 1. The number of rotatable bonds is 6. The average molecular weight is 356 g/mol. The zero-order chi connectivity index (χ0) is 18.2. The van der Waals surface area contributed by atoms with Gasteiger partial charge in [-0.05, 0) is 43.5 Å². The van der Waals surface area contributed by atoms with E-state index in [4.69, 9.17) is 4.74 Å². The van der Waals surface area contributed by atoms with Crippen LogP contribution in [0.1, 0.15) is 25.3 Å². The van der Waals surface area contributed by atoms with E-state index >= 15 is 0 Å². The Hall–Kier alpha value is -2.90. The van der Waals surface area contributed by atoms with Crippen LogP contribution < -0.4 is 10.6 Å². The van der Waals surface area contributed by atoms with Gasteiger partial charge in [-0.15, -0.1) is 0 Å². The Bertz CT molecular complexity index is 704. The third-order valence-electron chi connectivity index (χ3n) is 4.23. The number of carbonyl (C=O) groups is 1. The Morgan fingerprint density at radius 3 is 2.73 bits per heavy atom. The SMILES string of the molecule is CCOC(=O)N1CCC(Nc2ccnc(NCc3ccncc3)n2)CC1. The minimum atomic E-state index is -0.226. The van der Waals surface area contributed by atoms with Crippen LogP contribution in [0.5, 0.6) is 0 Å². The summed E-state index contributed by atoms with van der Waals surface area (Å²) in [5, 5.41) is 6.65. The maximum atomic E-state index is 11.7. The molecule has 8 heteroatoms. The van der Waals surface area contributed by atoms with Crippen molar-refractivity contribution in [2.45, 2.75) is 32.4 Å². The fourth-order valence-electron chi connectivity index (χ4n) is 2.84. The fourth-order valence-corrected chi connectivity index (χ4v) is 2.84. The molecule has 0 bridgehead atoms. The predicted molar refractivity (Wildman–Crippen MR) is 98.8 cm³/mol. The van der Waals surface area contributed by atoms with Crippen molar-refractivity contribution in [3.63, 3.8) is 0 Å². The van der Waals surface area contributed by atoms with Crippen LogP contribution in [0.2, 0.25) is 0 Å². The number of amides is 1. The summed E-state index contributed by atoms with van der Waals surface area (Å²) in [5.74, 6) is 1.36. The molecule has 1 saturated heterocycles. The van der Waals surface area contributed by atoms with Crippen molar-refractivity contribution in [2.24, 2.45) is 0 Å². The van der Waals surface area contributed by atoms with Crippen molar-refractivity contribution < 1.29 is 9.53 Å². The number of piperidine rings is 1. The van der Waals surface area contributed by atoms with Crippen LogP contribution in [-0.4, -0.2) is 51.7 Å². The summed E-state index contributed by atoms with van der Waals surface area (Å²) in [7, 11) is 0. The van der Waals surface area contributed by atoms with E-state index in [1.54, 1.807) is 23.5 Å². The predicted octanol–water partition coefficient (Wildman–Crippen LogP) is 2.52. The first-order valence-electron chi connectivity index (χ1n) is 8.88. The summed E-state index contributed by atoms with van der Waals surface area (Å²) in [4.78, 5) is 26.3. The molecule has 0 radical (unpaired) electrons. The van der Waals surface area contributed by atoms with Gasteiger partial charge in [-0.1, -0.05) is 0 Å². The molecule has 26 heavy (non-hydrogen) atoms. The van der Waals surface area contributed by atoms with Crippen LogP contribution >= 0.6 is 0 Å². The number of carbonyl (C=O) groups excluding carboxylic acids is 1. The second-order valence-corrected chi connectivity index (χ2v) is 6.08. The molecule has 138 valence electrons. The van der Waals surface area contributed by atoms with E-state index in [0.29, 0.717) is 32.2 Å². The van der Waals surface area contributed by atoms with Crippen molar-refractivity contribution in [1.82, 2.24) is 19.9 Å². The molecule has 1 aliphatic rings. The van der Waals surface area contributed by atoms with Crippen molar-refractivity contribution in [2.75, 3.05) is 30.3 Å².